The maximum absolute atomic E-state index is 12.2. The number of benzene rings is 1. The molecular weight excluding hydrogens is 356 g/mol. The molecule has 1 aromatic heterocycles. The van der Waals surface area contributed by atoms with Crippen molar-refractivity contribution in [2.24, 2.45) is 0 Å². The van der Waals surface area contributed by atoms with E-state index in [4.69, 9.17) is 16.3 Å². The van der Waals surface area contributed by atoms with Gasteiger partial charge in [-0.3, -0.25) is 14.5 Å². The molecule has 138 valence electrons. The molecule has 8 heteroatoms. The third kappa shape index (κ3) is 6.34. The zero-order chi connectivity index (χ0) is 18.9. The number of likely N-dealkylation sites (N-methyl/N-ethyl adjacent to an activating group) is 1. The predicted octanol–water partition coefficient (Wildman–Crippen LogP) is 2.64. The first-order valence-corrected chi connectivity index (χ1v) is 8.45. The maximum atomic E-state index is 12.2. The largest absolute Gasteiger partial charge is 0.497 e. The van der Waals surface area contributed by atoms with Gasteiger partial charge < -0.3 is 15.4 Å². The van der Waals surface area contributed by atoms with E-state index in [-0.39, 0.29) is 24.9 Å². The number of hydrogen-bond donors (Lipinski definition) is 2. The highest BCUT2D eigenvalue weighted by atomic mass is 35.5. The Labute approximate surface area is 157 Å². The molecule has 0 fully saturated rings. The van der Waals surface area contributed by atoms with Crippen LogP contribution in [0.3, 0.4) is 0 Å². The minimum Gasteiger partial charge on any atom is -0.497 e. The Bertz CT molecular complexity index is 735. The molecule has 26 heavy (non-hydrogen) atoms. The van der Waals surface area contributed by atoms with Crippen LogP contribution in [0.5, 0.6) is 5.75 Å². The third-order valence-corrected chi connectivity index (χ3v) is 3.77. The predicted molar refractivity (Wildman–Crippen MR) is 102 cm³/mol. The molecule has 0 aliphatic rings. The number of aromatic nitrogens is 1. The second-order valence-corrected chi connectivity index (χ2v) is 5.93. The lowest BCUT2D eigenvalue weighted by Gasteiger charge is -2.19. The number of methoxy groups -OCH3 is 1. The van der Waals surface area contributed by atoms with Crippen LogP contribution in [0, 0.1) is 0 Å². The van der Waals surface area contributed by atoms with Crippen LogP contribution in [0.4, 0.5) is 11.5 Å². The van der Waals surface area contributed by atoms with Crippen molar-refractivity contribution >= 4 is 34.9 Å². The van der Waals surface area contributed by atoms with E-state index in [1.165, 1.54) is 6.20 Å². The van der Waals surface area contributed by atoms with Gasteiger partial charge in [-0.15, -0.1) is 0 Å². The van der Waals surface area contributed by atoms with Gasteiger partial charge in [0.2, 0.25) is 11.8 Å². The van der Waals surface area contributed by atoms with Crippen LogP contribution in [0.1, 0.15) is 6.92 Å². The number of anilines is 2. The fraction of sp³-hybridized carbons (Fsp3) is 0.278. The van der Waals surface area contributed by atoms with E-state index in [1.807, 2.05) is 6.92 Å². The number of hydrogen-bond acceptors (Lipinski definition) is 5. The molecule has 0 aliphatic heterocycles. The number of nitrogens with one attached hydrogen (secondary N) is 2. The molecule has 2 rings (SSSR count). The molecule has 0 aliphatic carbocycles. The Morgan fingerprint density at radius 3 is 2.27 bits per heavy atom. The topological polar surface area (TPSA) is 83.6 Å². The minimum atomic E-state index is -0.251. The third-order valence-electron chi connectivity index (χ3n) is 3.55. The van der Waals surface area contributed by atoms with Gasteiger partial charge in [-0.05, 0) is 42.9 Å². The first-order chi connectivity index (χ1) is 12.5. The highest BCUT2D eigenvalue weighted by Gasteiger charge is 2.14. The Kier molecular flexibility index (Phi) is 7.37. The fourth-order valence-corrected chi connectivity index (χ4v) is 2.30. The van der Waals surface area contributed by atoms with Crippen LogP contribution in [0.25, 0.3) is 0 Å². The van der Waals surface area contributed by atoms with Crippen molar-refractivity contribution in [2.75, 3.05) is 37.4 Å². The molecule has 0 saturated carbocycles. The van der Waals surface area contributed by atoms with Gasteiger partial charge in [-0.25, -0.2) is 4.98 Å². The molecule has 1 aromatic carbocycles. The van der Waals surface area contributed by atoms with Gasteiger partial charge in [0.1, 0.15) is 11.6 Å². The minimum absolute atomic E-state index is 0.0802. The van der Waals surface area contributed by atoms with Crippen molar-refractivity contribution < 1.29 is 14.3 Å². The van der Waals surface area contributed by atoms with Gasteiger partial charge in [-0.1, -0.05) is 18.5 Å². The first-order valence-electron chi connectivity index (χ1n) is 8.08. The highest BCUT2D eigenvalue weighted by Crippen LogP contribution is 2.15. The van der Waals surface area contributed by atoms with Crippen LogP contribution < -0.4 is 15.4 Å². The summed E-state index contributed by atoms with van der Waals surface area (Å²) in [6.07, 6.45) is 1.46. The summed E-state index contributed by atoms with van der Waals surface area (Å²) in [5, 5.41) is 5.96. The Hall–Kier alpha value is -2.64. The van der Waals surface area contributed by atoms with Crippen molar-refractivity contribution in [1.29, 1.82) is 0 Å². The van der Waals surface area contributed by atoms with Gasteiger partial charge in [0.15, 0.2) is 0 Å². The quantitative estimate of drug-likeness (QED) is 0.740. The van der Waals surface area contributed by atoms with E-state index in [9.17, 15) is 9.59 Å². The molecule has 0 atom stereocenters. The average Bonchev–Trinajstić information content (AvgIpc) is 2.63. The molecular formula is C18H21ClN4O3. The molecule has 0 unspecified atom stereocenters. The number of halogens is 1. The summed E-state index contributed by atoms with van der Waals surface area (Å²) >= 11 is 5.76. The van der Waals surface area contributed by atoms with Crippen LogP contribution in [0.15, 0.2) is 42.6 Å². The maximum Gasteiger partial charge on any atom is 0.239 e. The number of carbonyl (C=O) groups is 2. The molecule has 2 amide bonds. The van der Waals surface area contributed by atoms with Gasteiger partial charge >= 0.3 is 0 Å². The molecule has 0 saturated heterocycles. The summed E-state index contributed by atoms with van der Waals surface area (Å²) in [7, 11) is 1.58. The van der Waals surface area contributed by atoms with Crippen LogP contribution in [-0.4, -0.2) is 48.4 Å². The lowest BCUT2D eigenvalue weighted by molar-refractivity contribution is -0.119. The van der Waals surface area contributed by atoms with Crippen LogP contribution in [0.2, 0.25) is 5.02 Å². The van der Waals surface area contributed by atoms with E-state index in [0.29, 0.717) is 28.8 Å². The monoisotopic (exact) mass is 376 g/mol. The summed E-state index contributed by atoms with van der Waals surface area (Å²) < 4.78 is 5.08. The number of nitrogens with zero attached hydrogens (tertiary/aromatic N) is 2. The summed E-state index contributed by atoms with van der Waals surface area (Å²) in [6.45, 7) is 2.62. The lowest BCUT2D eigenvalue weighted by atomic mass is 10.3. The molecule has 0 spiro atoms. The van der Waals surface area contributed by atoms with Crippen LogP contribution >= 0.6 is 11.6 Å². The van der Waals surface area contributed by atoms with Crippen molar-refractivity contribution in [1.82, 2.24) is 9.88 Å². The van der Waals surface area contributed by atoms with Gasteiger partial charge in [-0.2, -0.15) is 0 Å². The normalized spacial score (nSPS) is 10.5. The number of ether oxygens (including phenoxy) is 1. The van der Waals surface area contributed by atoms with Gasteiger partial charge in [0.25, 0.3) is 0 Å². The lowest BCUT2D eigenvalue weighted by Crippen LogP contribution is -2.38. The first kappa shape index (κ1) is 19.7. The Morgan fingerprint density at radius 1 is 1.08 bits per heavy atom. The molecule has 2 aromatic rings. The SMILES string of the molecule is CCN(CC(=O)Nc1ccc(OC)cc1)CC(=O)Nc1ccc(Cl)cn1. The smallest absolute Gasteiger partial charge is 0.239 e. The Morgan fingerprint density at radius 2 is 1.73 bits per heavy atom. The molecule has 1 heterocycles. The van der Waals surface area contributed by atoms with E-state index in [0.717, 1.165) is 0 Å². The molecule has 2 N–H and O–H groups in total. The van der Waals surface area contributed by atoms with Crippen molar-refractivity contribution in [3.05, 3.63) is 47.6 Å². The second kappa shape index (κ2) is 9.74. The van der Waals surface area contributed by atoms with E-state index >= 15 is 0 Å². The van der Waals surface area contributed by atoms with Crippen molar-refractivity contribution in [3.63, 3.8) is 0 Å². The summed E-state index contributed by atoms with van der Waals surface area (Å²) in [5.41, 5.74) is 0.668. The van der Waals surface area contributed by atoms with Crippen molar-refractivity contribution in [3.8, 4) is 5.75 Å². The van der Waals surface area contributed by atoms with E-state index < -0.39 is 0 Å². The van der Waals surface area contributed by atoms with Crippen molar-refractivity contribution in [2.45, 2.75) is 6.92 Å². The van der Waals surface area contributed by atoms with Crippen LogP contribution in [-0.2, 0) is 9.59 Å². The number of rotatable bonds is 8. The number of amides is 2. The second-order valence-electron chi connectivity index (χ2n) is 5.49. The summed E-state index contributed by atoms with van der Waals surface area (Å²) in [6, 6.07) is 10.3. The van der Waals surface area contributed by atoms with E-state index in [1.54, 1.807) is 48.4 Å². The number of carbonyl (C=O) groups excluding carboxylic acids is 2. The number of pyridine rings is 1. The van der Waals surface area contributed by atoms with Gasteiger partial charge in [0.05, 0.1) is 25.2 Å². The standard InChI is InChI=1S/C18H21ClN4O3/c1-3-23(12-18(25)22-16-9-4-13(19)10-20-16)11-17(24)21-14-5-7-15(26-2)8-6-14/h4-10H,3,11-12H2,1-2H3,(H,21,24)(H,20,22,25). The molecule has 7 nitrogen and oxygen atoms in total. The molecule has 0 radical (unpaired) electrons. The summed E-state index contributed by atoms with van der Waals surface area (Å²) in [4.78, 5) is 30.0. The average molecular weight is 377 g/mol. The Balaban J connectivity index is 1.83. The fourth-order valence-electron chi connectivity index (χ4n) is 2.19. The zero-order valence-electron chi connectivity index (χ0n) is 14.7. The van der Waals surface area contributed by atoms with Gasteiger partial charge in [0, 0.05) is 11.9 Å². The molecule has 0 bridgehead atoms. The summed E-state index contributed by atoms with van der Waals surface area (Å²) in [5.74, 6) is 0.678. The highest BCUT2D eigenvalue weighted by molar-refractivity contribution is 6.30. The van der Waals surface area contributed by atoms with E-state index in [2.05, 4.69) is 15.6 Å². The zero-order valence-corrected chi connectivity index (χ0v) is 15.4.